The number of hydrogen-bond donors (Lipinski definition) is 0. The SMILES string of the molecule is CCC(=O)CCC1CCc2cc(CC)ccc2-n2cccc21.CCC1CC=CC=C1F.CCCC(CCC)CCC.CP. The Morgan fingerprint density at radius 2 is 1.65 bits per heavy atom. The molecule has 0 radical (unpaired) electrons. The van der Waals surface area contributed by atoms with Crippen LogP contribution in [-0.2, 0) is 17.6 Å². The first kappa shape index (κ1) is 39.0. The summed E-state index contributed by atoms with van der Waals surface area (Å²) in [6, 6.07) is 11.2. The molecule has 2 aromatic rings. The minimum absolute atomic E-state index is 0.0417. The largest absolute Gasteiger partial charge is 0.320 e. The van der Waals surface area contributed by atoms with Gasteiger partial charge in [-0.2, -0.15) is 0 Å². The van der Waals surface area contributed by atoms with Crippen LogP contribution in [-0.4, -0.2) is 17.0 Å². The first-order valence-corrected chi connectivity index (χ1v) is 18.5. The Bertz CT molecular complexity index is 1070. The third-order valence-electron chi connectivity index (χ3n) is 8.72. The third kappa shape index (κ3) is 13.7. The van der Waals surface area contributed by atoms with Gasteiger partial charge in [0.15, 0.2) is 0 Å². The number of carbonyl (C=O) groups is 1. The lowest BCUT2D eigenvalue weighted by Crippen LogP contribution is -2.06. The molecule has 0 saturated carbocycles. The average Bonchev–Trinajstić information content (AvgIpc) is 3.47. The summed E-state index contributed by atoms with van der Waals surface area (Å²) >= 11 is 0. The number of aromatic nitrogens is 1. The van der Waals surface area contributed by atoms with Crippen molar-refractivity contribution in [3.05, 3.63) is 77.4 Å². The molecular weight excluding hydrogens is 548 g/mol. The fraction of sp³-hybridized carbons (Fsp3) is 0.615. The van der Waals surface area contributed by atoms with Gasteiger partial charge >= 0.3 is 0 Å². The van der Waals surface area contributed by atoms with Gasteiger partial charge < -0.3 is 4.57 Å². The Balaban J connectivity index is 0.000000367. The van der Waals surface area contributed by atoms with E-state index in [0.29, 0.717) is 24.5 Å². The molecule has 2 nitrogen and oxygen atoms in total. The number of halogens is 1. The van der Waals surface area contributed by atoms with Crippen LogP contribution in [0.3, 0.4) is 0 Å². The van der Waals surface area contributed by atoms with Crippen LogP contribution >= 0.6 is 9.24 Å². The van der Waals surface area contributed by atoms with Gasteiger partial charge in [0.05, 0.1) is 0 Å². The molecule has 1 aliphatic heterocycles. The van der Waals surface area contributed by atoms with Gasteiger partial charge in [0.1, 0.15) is 11.6 Å². The van der Waals surface area contributed by atoms with E-state index in [0.717, 1.165) is 44.4 Å². The second-order valence-electron chi connectivity index (χ2n) is 11.8. The van der Waals surface area contributed by atoms with Crippen LogP contribution in [0.1, 0.15) is 141 Å². The van der Waals surface area contributed by atoms with Crippen molar-refractivity contribution in [2.75, 3.05) is 6.66 Å². The molecule has 0 fully saturated rings. The summed E-state index contributed by atoms with van der Waals surface area (Å²) in [6.07, 6.45) is 23.4. The second kappa shape index (κ2) is 23.4. The van der Waals surface area contributed by atoms with Crippen molar-refractivity contribution in [3.63, 3.8) is 0 Å². The molecule has 4 rings (SSSR count). The highest BCUT2D eigenvalue weighted by Crippen LogP contribution is 2.35. The smallest absolute Gasteiger partial charge is 0.132 e. The molecule has 0 saturated heterocycles. The number of nitrogens with zero attached hydrogens (tertiary/aromatic N) is 1. The number of fused-ring (bicyclic) bond motifs is 3. The number of ketones is 1. The molecule has 4 heteroatoms. The van der Waals surface area contributed by atoms with Crippen LogP contribution in [0.5, 0.6) is 0 Å². The van der Waals surface area contributed by atoms with Gasteiger partial charge in [-0.3, -0.25) is 4.79 Å². The number of hydrogen-bond acceptors (Lipinski definition) is 1. The lowest BCUT2D eigenvalue weighted by molar-refractivity contribution is -0.118. The van der Waals surface area contributed by atoms with E-state index in [9.17, 15) is 9.18 Å². The molecule has 2 heterocycles. The summed E-state index contributed by atoms with van der Waals surface area (Å²) in [5.41, 5.74) is 5.54. The maximum atomic E-state index is 12.7. The minimum atomic E-state index is 0.0417. The lowest BCUT2D eigenvalue weighted by atomic mass is 9.92. The zero-order valence-electron chi connectivity index (χ0n) is 28.6. The Hall–Kier alpha value is -1.99. The quantitative estimate of drug-likeness (QED) is 0.219. The van der Waals surface area contributed by atoms with Crippen LogP contribution < -0.4 is 0 Å². The molecule has 242 valence electrons. The summed E-state index contributed by atoms with van der Waals surface area (Å²) in [5, 5.41) is 0. The first-order valence-electron chi connectivity index (χ1n) is 17.3. The molecule has 0 N–H and O–H groups in total. The summed E-state index contributed by atoms with van der Waals surface area (Å²) in [6.45, 7) is 15.0. The number of carbonyl (C=O) groups excluding carboxylic acids is 1. The predicted molar refractivity (Wildman–Crippen MR) is 191 cm³/mol. The van der Waals surface area contributed by atoms with Gasteiger partial charge in [-0.25, -0.2) is 4.39 Å². The average molecular weight is 612 g/mol. The molecule has 3 unspecified atom stereocenters. The first-order chi connectivity index (χ1) is 20.9. The Labute approximate surface area is 267 Å². The van der Waals surface area contributed by atoms with Crippen molar-refractivity contribution in [2.45, 2.75) is 137 Å². The molecule has 0 amide bonds. The van der Waals surface area contributed by atoms with Crippen molar-refractivity contribution in [3.8, 4) is 5.69 Å². The van der Waals surface area contributed by atoms with Crippen molar-refractivity contribution < 1.29 is 9.18 Å². The van der Waals surface area contributed by atoms with E-state index in [1.807, 2.05) is 26.6 Å². The van der Waals surface area contributed by atoms with E-state index in [-0.39, 0.29) is 11.7 Å². The zero-order chi connectivity index (χ0) is 32.0. The molecule has 43 heavy (non-hydrogen) atoms. The highest BCUT2D eigenvalue weighted by molar-refractivity contribution is 7.15. The highest BCUT2D eigenvalue weighted by atomic mass is 31.0. The summed E-state index contributed by atoms with van der Waals surface area (Å²) < 4.78 is 15.0. The standard InChI is InChI=1S/C20H25NO.C10H22.C8H11F.CH5P/c1-3-15-7-12-20-17(14-15)9-8-16(10-11-18(22)4-2)19-6-5-13-21(19)20;1-4-7-10(8-5-2)9-6-3;1-2-7-5-3-4-6-8(7)9;1-2/h5-7,12-14,16H,3-4,8-11H2,1-2H3;10H,4-9H2,1-3H3;3-4,6-7H,2,5H2,1H3;2H2,1H3. The Kier molecular flexibility index (Phi) is 21.2. The molecular formula is C39H63FNOP. The molecule has 1 aromatic heterocycles. The topological polar surface area (TPSA) is 22.0 Å². The van der Waals surface area contributed by atoms with Gasteiger partial charge in [-0.15, -0.1) is 9.24 Å². The van der Waals surface area contributed by atoms with Crippen LogP contribution in [0.15, 0.2) is 60.6 Å². The van der Waals surface area contributed by atoms with E-state index < -0.39 is 0 Å². The fourth-order valence-corrected chi connectivity index (χ4v) is 6.19. The number of allylic oxidation sites excluding steroid dienone is 4. The van der Waals surface area contributed by atoms with Gasteiger partial charge in [0.25, 0.3) is 0 Å². The number of benzene rings is 1. The van der Waals surface area contributed by atoms with Crippen LogP contribution in [0.2, 0.25) is 0 Å². The van der Waals surface area contributed by atoms with Crippen molar-refractivity contribution >= 4 is 15.0 Å². The van der Waals surface area contributed by atoms with Crippen molar-refractivity contribution in [1.82, 2.24) is 4.57 Å². The summed E-state index contributed by atoms with van der Waals surface area (Å²) in [7, 11) is 2.42. The van der Waals surface area contributed by atoms with Crippen LogP contribution in [0.4, 0.5) is 4.39 Å². The molecule has 0 spiro atoms. The van der Waals surface area contributed by atoms with Crippen molar-refractivity contribution in [2.24, 2.45) is 11.8 Å². The fourth-order valence-electron chi connectivity index (χ4n) is 6.19. The minimum Gasteiger partial charge on any atom is -0.320 e. The van der Waals surface area contributed by atoms with Gasteiger partial charge in [0.2, 0.25) is 0 Å². The molecule has 3 atom stereocenters. The zero-order valence-corrected chi connectivity index (χ0v) is 29.8. The summed E-state index contributed by atoms with van der Waals surface area (Å²) in [5.74, 6) is 2.10. The van der Waals surface area contributed by atoms with E-state index in [1.165, 1.54) is 61.0 Å². The number of rotatable bonds is 12. The summed E-state index contributed by atoms with van der Waals surface area (Å²) in [4.78, 5) is 11.7. The van der Waals surface area contributed by atoms with E-state index in [1.54, 1.807) is 12.2 Å². The maximum Gasteiger partial charge on any atom is 0.132 e. The van der Waals surface area contributed by atoms with Crippen molar-refractivity contribution in [1.29, 1.82) is 0 Å². The Morgan fingerprint density at radius 3 is 2.19 bits per heavy atom. The van der Waals surface area contributed by atoms with Gasteiger partial charge in [0, 0.05) is 42.3 Å². The monoisotopic (exact) mass is 611 g/mol. The van der Waals surface area contributed by atoms with E-state index in [2.05, 4.69) is 78.0 Å². The number of aryl methyl sites for hydroxylation is 2. The lowest BCUT2D eigenvalue weighted by Gasteiger charge is -2.16. The number of Topliss-reactive ketones (excluding diaryl/α,β-unsaturated/α-hetero) is 1. The molecule has 0 bridgehead atoms. The Morgan fingerprint density at radius 1 is 0.977 bits per heavy atom. The van der Waals surface area contributed by atoms with Gasteiger partial charge in [-0.05, 0) is 79.8 Å². The normalized spacial score (nSPS) is 16.7. The van der Waals surface area contributed by atoms with Gasteiger partial charge in [-0.1, -0.05) is 111 Å². The molecule has 2 aliphatic rings. The molecule has 1 aromatic carbocycles. The van der Waals surface area contributed by atoms with E-state index >= 15 is 0 Å². The highest BCUT2D eigenvalue weighted by Gasteiger charge is 2.22. The second-order valence-corrected chi connectivity index (χ2v) is 11.8. The predicted octanol–water partition coefficient (Wildman–Crippen LogP) is 12.1. The van der Waals surface area contributed by atoms with Crippen LogP contribution in [0.25, 0.3) is 5.69 Å². The van der Waals surface area contributed by atoms with Crippen LogP contribution in [0, 0.1) is 11.8 Å². The van der Waals surface area contributed by atoms with E-state index in [4.69, 9.17) is 0 Å². The maximum absolute atomic E-state index is 12.7. The molecule has 1 aliphatic carbocycles. The third-order valence-corrected chi connectivity index (χ3v) is 8.72.